The van der Waals surface area contributed by atoms with Crippen LogP contribution in [0.2, 0.25) is 0 Å². The number of phenolic OH excluding ortho intramolecular Hbond substituents is 1. The molecule has 0 aromatic heterocycles. The molecule has 0 fully saturated rings. The lowest BCUT2D eigenvalue weighted by molar-refractivity contribution is 0.436. The molecule has 0 atom stereocenters. The maximum Gasteiger partial charge on any atom is 0.115 e. The fourth-order valence-electron chi connectivity index (χ4n) is 5.30. The first-order valence-electron chi connectivity index (χ1n) is 11.5. The molecule has 0 aliphatic heterocycles. The molecule has 0 amide bonds. The molecule has 2 nitrogen and oxygen atoms in total. The van der Waals surface area contributed by atoms with Gasteiger partial charge in [0.2, 0.25) is 0 Å². The predicted molar refractivity (Wildman–Crippen MR) is 140 cm³/mol. The first-order valence-corrected chi connectivity index (χ1v) is 11.5. The zero-order valence-corrected chi connectivity index (χ0v) is 19.8. The predicted octanol–water partition coefficient (Wildman–Crippen LogP) is 7.77. The van der Waals surface area contributed by atoms with Crippen molar-refractivity contribution in [2.24, 2.45) is 0 Å². The van der Waals surface area contributed by atoms with Crippen molar-refractivity contribution in [3.63, 3.8) is 0 Å². The first kappa shape index (κ1) is 21.8. The highest BCUT2D eigenvalue weighted by atomic mass is 16.3. The number of aromatic hydroxyl groups is 1. The van der Waals surface area contributed by atoms with Gasteiger partial charge in [0, 0.05) is 0 Å². The summed E-state index contributed by atoms with van der Waals surface area (Å²) in [6.07, 6.45) is 3.54. The Labute approximate surface area is 201 Å². The Balaban J connectivity index is 1.91. The Morgan fingerprint density at radius 3 is 1.85 bits per heavy atom. The summed E-state index contributed by atoms with van der Waals surface area (Å²) in [5.41, 5.74) is 11.2. The van der Waals surface area contributed by atoms with Crippen molar-refractivity contribution in [3.05, 3.63) is 142 Å². The fraction of sp³-hybridized carbons (Fsp3) is 0.125. The molecule has 2 heteroatoms. The van der Waals surface area contributed by atoms with Crippen molar-refractivity contribution < 1.29 is 10.2 Å². The number of allylic oxidation sites excluding steroid dienone is 1. The standard InChI is InChI=1S/C32H28O2/c1-20-5-15-30-28(17-20)29-18-21(2)6-16-31(29)32(30,25-11-13-27(34)14-12-25)26-10-7-22(3)24(19-26)9-8-23(4)33/h5-19,33-34H,4H2,1-3H3/b9-8-. The maximum atomic E-state index is 10.1. The van der Waals surface area contributed by atoms with E-state index in [1.54, 1.807) is 18.2 Å². The zero-order chi connectivity index (χ0) is 24.0. The lowest BCUT2D eigenvalue weighted by Crippen LogP contribution is -2.28. The fourth-order valence-corrected chi connectivity index (χ4v) is 5.30. The topological polar surface area (TPSA) is 40.5 Å². The summed E-state index contributed by atoms with van der Waals surface area (Å²) in [5, 5.41) is 19.7. The Morgan fingerprint density at radius 2 is 1.29 bits per heavy atom. The van der Waals surface area contributed by atoms with E-state index in [-0.39, 0.29) is 11.5 Å². The summed E-state index contributed by atoms with van der Waals surface area (Å²) in [4.78, 5) is 0. The average molecular weight is 445 g/mol. The summed E-state index contributed by atoms with van der Waals surface area (Å²) < 4.78 is 0. The number of hydrogen-bond acceptors (Lipinski definition) is 2. The Kier molecular flexibility index (Phi) is 5.17. The number of hydrogen-bond donors (Lipinski definition) is 2. The van der Waals surface area contributed by atoms with Gasteiger partial charge in [-0.3, -0.25) is 0 Å². The van der Waals surface area contributed by atoms with Crippen LogP contribution in [0.15, 0.2) is 97.3 Å². The van der Waals surface area contributed by atoms with Gasteiger partial charge in [0.05, 0.1) is 5.41 Å². The SMILES string of the molecule is C=C(O)/C=C\c1cc(C2(c3ccc(O)cc3)c3ccc(C)cc3-c3cc(C)ccc32)ccc1C. The molecule has 0 saturated heterocycles. The van der Waals surface area contributed by atoms with E-state index in [1.165, 1.54) is 33.4 Å². The molecule has 1 aliphatic carbocycles. The third-order valence-corrected chi connectivity index (χ3v) is 6.92. The van der Waals surface area contributed by atoms with Gasteiger partial charge < -0.3 is 10.2 Å². The van der Waals surface area contributed by atoms with Crippen LogP contribution >= 0.6 is 0 Å². The molecule has 0 spiro atoms. The molecule has 2 N–H and O–H groups in total. The molecule has 0 radical (unpaired) electrons. The van der Waals surface area contributed by atoms with Gasteiger partial charge in [-0.1, -0.05) is 84.4 Å². The van der Waals surface area contributed by atoms with Gasteiger partial charge in [-0.05, 0) is 89.6 Å². The van der Waals surface area contributed by atoms with Crippen molar-refractivity contribution in [2.45, 2.75) is 26.2 Å². The van der Waals surface area contributed by atoms with E-state index in [1.807, 2.05) is 18.2 Å². The van der Waals surface area contributed by atoms with Crippen LogP contribution in [0.25, 0.3) is 17.2 Å². The molecule has 4 aromatic carbocycles. The van der Waals surface area contributed by atoms with E-state index in [2.05, 4.69) is 81.9 Å². The number of fused-ring (bicyclic) bond motifs is 3. The first-order chi connectivity index (χ1) is 16.3. The van der Waals surface area contributed by atoms with Crippen molar-refractivity contribution in [1.29, 1.82) is 0 Å². The van der Waals surface area contributed by atoms with Gasteiger partial charge in [-0.2, -0.15) is 0 Å². The van der Waals surface area contributed by atoms with Gasteiger partial charge in [-0.25, -0.2) is 0 Å². The van der Waals surface area contributed by atoms with Crippen LogP contribution in [0.4, 0.5) is 0 Å². The number of aryl methyl sites for hydroxylation is 3. The van der Waals surface area contributed by atoms with E-state index in [4.69, 9.17) is 0 Å². The van der Waals surface area contributed by atoms with Crippen molar-refractivity contribution in [1.82, 2.24) is 0 Å². The average Bonchev–Trinajstić information content (AvgIpc) is 3.08. The van der Waals surface area contributed by atoms with Crippen molar-refractivity contribution in [3.8, 4) is 16.9 Å². The molecule has 0 unspecified atom stereocenters. The molecule has 5 rings (SSSR count). The van der Waals surface area contributed by atoms with Crippen molar-refractivity contribution >= 4 is 6.08 Å². The van der Waals surface area contributed by atoms with Crippen LogP contribution in [-0.4, -0.2) is 10.2 Å². The highest BCUT2D eigenvalue weighted by Crippen LogP contribution is 2.56. The van der Waals surface area contributed by atoms with E-state index in [9.17, 15) is 10.2 Å². The monoisotopic (exact) mass is 444 g/mol. The Morgan fingerprint density at radius 1 is 0.735 bits per heavy atom. The van der Waals surface area contributed by atoms with E-state index < -0.39 is 5.41 Å². The molecule has 4 aromatic rings. The lowest BCUT2D eigenvalue weighted by atomic mass is 9.67. The quantitative estimate of drug-likeness (QED) is 0.220. The molecular formula is C32H28O2. The van der Waals surface area contributed by atoms with E-state index in [0.29, 0.717) is 0 Å². The minimum Gasteiger partial charge on any atom is -0.509 e. The van der Waals surface area contributed by atoms with Gasteiger partial charge >= 0.3 is 0 Å². The van der Waals surface area contributed by atoms with Crippen LogP contribution in [0.5, 0.6) is 5.75 Å². The molecular weight excluding hydrogens is 416 g/mol. The second-order valence-corrected chi connectivity index (χ2v) is 9.29. The van der Waals surface area contributed by atoms with Gasteiger partial charge in [0.15, 0.2) is 0 Å². The van der Waals surface area contributed by atoms with Crippen LogP contribution in [0.3, 0.4) is 0 Å². The Bertz CT molecular complexity index is 1400. The summed E-state index contributed by atoms with van der Waals surface area (Å²) in [7, 11) is 0. The largest absolute Gasteiger partial charge is 0.509 e. The second kappa shape index (κ2) is 8.07. The number of aliphatic hydroxyl groups excluding tert-OH is 1. The second-order valence-electron chi connectivity index (χ2n) is 9.29. The minimum atomic E-state index is -0.535. The van der Waals surface area contributed by atoms with Crippen LogP contribution < -0.4 is 0 Å². The third kappa shape index (κ3) is 3.34. The smallest absolute Gasteiger partial charge is 0.115 e. The van der Waals surface area contributed by atoms with Crippen molar-refractivity contribution in [2.75, 3.05) is 0 Å². The minimum absolute atomic E-state index is 0.0283. The van der Waals surface area contributed by atoms with Gasteiger partial charge in [0.1, 0.15) is 11.5 Å². The molecule has 0 heterocycles. The lowest BCUT2D eigenvalue weighted by Gasteiger charge is -2.34. The third-order valence-electron chi connectivity index (χ3n) is 6.92. The molecule has 0 saturated carbocycles. The summed E-state index contributed by atoms with van der Waals surface area (Å²) >= 11 is 0. The van der Waals surface area contributed by atoms with Gasteiger partial charge in [-0.15, -0.1) is 0 Å². The molecule has 1 aliphatic rings. The highest BCUT2D eigenvalue weighted by molar-refractivity contribution is 5.87. The molecule has 168 valence electrons. The normalized spacial score (nSPS) is 13.6. The van der Waals surface area contributed by atoms with E-state index >= 15 is 0 Å². The van der Waals surface area contributed by atoms with E-state index in [0.717, 1.165) is 22.3 Å². The molecule has 0 bridgehead atoms. The summed E-state index contributed by atoms with van der Waals surface area (Å²) in [6, 6.07) is 27.5. The summed E-state index contributed by atoms with van der Waals surface area (Å²) in [5.74, 6) is 0.278. The maximum absolute atomic E-state index is 10.1. The number of benzene rings is 4. The molecule has 34 heavy (non-hydrogen) atoms. The highest BCUT2D eigenvalue weighted by Gasteiger charge is 2.46. The summed E-state index contributed by atoms with van der Waals surface area (Å²) in [6.45, 7) is 9.92. The zero-order valence-electron chi connectivity index (χ0n) is 19.8. The van der Waals surface area contributed by atoms with Gasteiger partial charge in [0.25, 0.3) is 0 Å². The van der Waals surface area contributed by atoms with Crippen LogP contribution in [-0.2, 0) is 5.41 Å². The number of rotatable bonds is 4. The van der Waals surface area contributed by atoms with Crippen LogP contribution in [0.1, 0.15) is 44.5 Å². The Hall–Kier alpha value is -4.04. The van der Waals surface area contributed by atoms with Crippen LogP contribution in [0, 0.1) is 20.8 Å². The number of phenols is 1. The number of aliphatic hydroxyl groups is 1.